The summed E-state index contributed by atoms with van der Waals surface area (Å²) in [5, 5.41) is 5.77. The Morgan fingerprint density at radius 3 is 2.06 bits per heavy atom. The van der Waals surface area contributed by atoms with E-state index in [-0.39, 0.29) is 17.7 Å². The molecular weight excluding hydrogens is 430 g/mol. The van der Waals surface area contributed by atoms with E-state index >= 15 is 0 Å². The van der Waals surface area contributed by atoms with E-state index in [1.165, 1.54) is 0 Å². The fraction of sp³-hybridized carbons (Fsp3) is 0.667. The molecule has 0 bridgehead atoms. The minimum Gasteiger partial charge on any atom is -0.444 e. The molecule has 34 heavy (non-hydrogen) atoms. The molecule has 2 atom stereocenters. The van der Waals surface area contributed by atoms with E-state index in [1.54, 1.807) is 25.7 Å². The maximum atomic E-state index is 14.1. The Hall–Kier alpha value is -2.57. The summed E-state index contributed by atoms with van der Waals surface area (Å²) in [7, 11) is 0. The molecule has 0 saturated heterocycles. The summed E-state index contributed by atoms with van der Waals surface area (Å²) in [4.78, 5) is 41.7. The standard InChI is InChI=1S/C27H45N3O4/c1-10-11-17-28-23(31)22(20-15-13-12-14-16-20)30(26(4,5)6)24(32)21(18-19(2)3)29-25(33)34-27(7,8)9/h12-16,19,21-22H,10-11,17-18H2,1-9H3,(H,28,31)(H,29,33). The molecular formula is C27H45N3O4. The predicted octanol–water partition coefficient (Wildman–Crippen LogP) is 5.21. The highest BCUT2D eigenvalue weighted by Gasteiger charge is 2.41. The van der Waals surface area contributed by atoms with Crippen molar-refractivity contribution in [3.05, 3.63) is 35.9 Å². The third kappa shape index (κ3) is 9.74. The number of ether oxygens (including phenoxy) is 1. The van der Waals surface area contributed by atoms with E-state index in [0.717, 1.165) is 18.4 Å². The zero-order valence-electron chi connectivity index (χ0n) is 22.5. The quantitative estimate of drug-likeness (QED) is 0.455. The van der Waals surface area contributed by atoms with Gasteiger partial charge in [-0.3, -0.25) is 9.59 Å². The number of carbonyl (C=O) groups is 3. The lowest BCUT2D eigenvalue weighted by molar-refractivity contribution is -0.148. The van der Waals surface area contributed by atoms with E-state index in [0.29, 0.717) is 13.0 Å². The summed E-state index contributed by atoms with van der Waals surface area (Å²) in [6.45, 7) is 17.6. The molecule has 1 aromatic rings. The highest BCUT2D eigenvalue weighted by atomic mass is 16.6. The van der Waals surface area contributed by atoms with Gasteiger partial charge in [-0.15, -0.1) is 0 Å². The zero-order valence-corrected chi connectivity index (χ0v) is 22.5. The van der Waals surface area contributed by atoms with Gasteiger partial charge in [0.25, 0.3) is 0 Å². The Kier molecular flexibility index (Phi) is 11.1. The van der Waals surface area contributed by atoms with Crippen LogP contribution >= 0.6 is 0 Å². The summed E-state index contributed by atoms with van der Waals surface area (Å²) >= 11 is 0. The monoisotopic (exact) mass is 475 g/mol. The Morgan fingerprint density at radius 1 is 1.00 bits per heavy atom. The van der Waals surface area contributed by atoms with Gasteiger partial charge in [0.05, 0.1) is 0 Å². The molecule has 7 nitrogen and oxygen atoms in total. The first kappa shape index (κ1) is 29.5. The van der Waals surface area contributed by atoms with Crippen LogP contribution in [0, 0.1) is 5.92 Å². The van der Waals surface area contributed by atoms with Crippen LogP contribution in [-0.4, -0.2) is 46.5 Å². The van der Waals surface area contributed by atoms with Crippen molar-refractivity contribution >= 4 is 17.9 Å². The van der Waals surface area contributed by atoms with Crippen molar-refractivity contribution in [1.82, 2.24) is 15.5 Å². The Morgan fingerprint density at radius 2 is 1.59 bits per heavy atom. The number of unbranched alkanes of at least 4 members (excludes halogenated alkanes) is 1. The molecule has 0 radical (unpaired) electrons. The van der Waals surface area contributed by atoms with Crippen LogP contribution in [0.4, 0.5) is 4.79 Å². The van der Waals surface area contributed by atoms with E-state index in [1.807, 2.05) is 65.0 Å². The van der Waals surface area contributed by atoms with Crippen LogP contribution in [0.5, 0.6) is 0 Å². The van der Waals surface area contributed by atoms with Crippen molar-refractivity contribution in [2.75, 3.05) is 6.54 Å². The molecule has 0 saturated carbocycles. The molecule has 7 heteroatoms. The summed E-state index contributed by atoms with van der Waals surface area (Å²) < 4.78 is 5.42. The van der Waals surface area contributed by atoms with Crippen LogP contribution in [0.2, 0.25) is 0 Å². The minimum atomic E-state index is -0.833. The Labute approximate surface area is 206 Å². The van der Waals surface area contributed by atoms with Gasteiger partial charge in [0, 0.05) is 12.1 Å². The SMILES string of the molecule is CCCCNC(=O)C(c1ccccc1)N(C(=O)C(CC(C)C)NC(=O)OC(C)(C)C)C(C)(C)C. The lowest BCUT2D eigenvalue weighted by Crippen LogP contribution is -2.58. The minimum absolute atomic E-state index is 0.138. The summed E-state index contributed by atoms with van der Waals surface area (Å²) in [6, 6.07) is 7.65. The van der Waals surface area contributed by atoms with Gasteiger partial charge in [-0.25, -0.2) is 4.79 Å². The van der Waals surface area contributed by atoms with Crippen molar-refractivity contribution in [1.29, 1.82) is 0 Å². The number of alkyl carbamates (subject to hydrolysis) is 1. The third-order valence-electron chi connectivity index (χ3n) is 5.11. The number of rotatable bonds is 10. The van der Waals surface area contributed by atoms with Gasteiger partial charge in [-0.2, -0.15) is 0 Å². The lowest BCUT2D eigenvalue weighted by Gasteiger charge is -2.43. The van der Waals surface area contributed by atoms with Crippen LogP contribution in [-0.2, 0) is 14.3 Å². The molecule has 1 rings (SSSR count). The topological polar surface area (TPSA) is 87.7 Å². The van der Waals surface area contributed by atoms with Crippen LogP contribution < -0.4 is 10.6 Å². The highest BCUT2D eigenvalue weighted by Crippen LogP contribution is 2.30. The van der Waals surface area contributed by atoms with Crippen LogP contribution in [0.15, 0.2) is 30.3 Å². The van der Waals surface area contributed by atoms with Crippen molar-refractivity contribution in [3.8, 4) is 0 Å². The van der Waals surface area contributed by atoms with Crippen molar-refractivity contribution in [3.63, 3.8) is 0 Å². The number of carbonyl (C=O) groups excluding carboxylic acids is 3. The fourth-order valence-corrected chi connectivity index (χ4v) is 3.69. The van der Waals surface area contributed by atoms with Crippen molar-refractivity contribution in [2.45, 2.75) is 105 Å². The molecule has 0 aliphatic heterocycles. The smallest absolute Gasteiger partial charge is 0.408 e. The molecule has 0 heterocycles. The summed E-state index contributed by atoms with van der Waals surface area (Å²) in [5.41, 5.74) is -0.657. The molecule has 0 aromatic heterocycles. The molecule has 2 unspecified atom stereocenters. The molecule has 192 valence electrons. The first-order valence-electron chi connectivity index (χ1n) is 12.3. The number of nitrogens with zero attached hydrogens (tertiary/aromatic N) is 1. The second-order valence-electron chi connectivity index (χ2n) is 11.2. The van der Waals surface area contributed by atoms with Gasteiger partial charge < -0.3 is 20.3 Å². The first-order valence-corrected chi connectivity index (χ1v) is 12.3. The Balaban J connectivity index is 3.44. The highest BCUT2D eigenvalue weighted by molar-refractivity contribution is 5.92. The average molecular weight is 476 g/mol. The van der Waals surface area contributed by atoms with Gasteiger partial charge in [0.1, 0.15) is 17.7 Å². The molecule has 0 aliphatic rings. The lowest BCUT2D eigenvalue weighted by atomic mass is 9.93. The molecule has 2 N–H and O–H groups in total. The predicted molar refractivity (Wildman–Crippen MR) is 136 cm³/mol. The van der Waals surface area contributed by atoms with Gasteiger partial charge in [-0.05, 0) is 65.9 Å². The molecule has 1 aromatic carbocycles. The van der Waals surface area contributed by atoms with Gasteiger partial charge in [0.15, 0.2) is 0 Å². The number of nitrogens with one attached hydrogen (secondary N) is 2. The number of amides is 3. The van der Waals surface area contributed by atoms with E-state index in [2.05, 4.69) is 17.6 Å². The van der Waals surface area contributed by atoms with E-state index in [9.17, 15) is 14.4 Å². The van der Waals surface area contributed by atoms with Crippen molar-refractivity contribution < 1.29 is 19.1 Å². The summed E-state index contributed by atoms with van der Waals surface area (Å²) in [5.74, 6) is -0.408. The maximum Gasteiger partial charge on any atom is 0.408 e. The second kappa shape index (κ2) is 12.8. The van der Waals surface area contributed by atoms with E-state index < -0.39 is 29.3 Å². The third-order valence-corrected chi connectivity index (χ3v) is 5.11. The number of hydrogen-bond donors (Lipinski definition) is 2. The summed E-state index contributed by atoms with van der Waals surface area (Å²) in [6.07, 6.45) is 1.58. The normalized spacial score (nSPS) is 13.7. The largest absolute Gasteiger partial charge is 0.444 e. The van der Waals surface area contributed by atoms with E-state index in [4.69, 9.17) is 4.74 Å². The molecule has 0 aliphatic carbocycles. The zero-order chi connectivity index (χ0) is 26.1. The molecule has 0 fully saturated rings. The maximum absolute atomic E-state index is 14.1. The second-order valence-corrected chi connectivity index (χ2v) is 11.2. The van der Waals surface area contributed by atoms with Gasteiger partial charge in [-0.1, -0.05) is 57.5 Å². The van der Waals surface area contributed by atoms with Gasteiger partial charge in [0.2, 0.25) is 11.8 Å². The Bertz CT molecular complexity index is 794. The van der Waals surface area contributed by atoms with Gasteiger partial charge >= 0.3 is 6.09 Å². The van der Waals surface area contributed by atoms with Crippen LogP contribution in [0.1, 0.15) is 93.2 Å². The number of hydrogen-bond acceptors (Lipinski definition) is 4. The van der Waals surface area contributed by atoms with Crippen LogP contribution in [0.25, 0.3) is 0 Å². The number of benzene rings is 1. The fourth-order valence-electron chi connectivity index (χ4n) is 3.69. The van der Waals surface area contributed by atoms with Crippen LogP contribution in [0.3, 0.4) is 0 Å². The van der Waals surface area contributed by atoms with Crippen molar-refractivity contribution in [2.24, 2.45) is 5.92 Å². The molecule has 0 spiro atoms. The first-order chi connectivity index (χ1) is 15.7. The average Bonchev–Trinajstić information content (AvgIpc) is 2.69. The molecule has 3 amide bonds.